The minimum absolute atomic E-state index is 0.217. The SMILES string of the molecule is COc1c(C)cccc1C(=O)NC(C)c1cc(=O)[nH]c(N2CCCC2)n1. The number of carbonyl (C=O) groups is 1. The molecule has 0 spiro atoms. The van der Waals surface area contributed by atoms with Crippen molar-refractivity contribution in [3.63, 3.8) is 0 Å². The number of aromatic nitrogens is 2. The first kappa shape index (κ1) is 18.0. The molecule has 0 aliphatic carbocycles. The van der Waals surface area contributed by atoms with Gasteiger partial charge in [0, 0.05) is 19.2 Å². The number of anilines is 1. The Kier molecular flexibility index (Phi) is 5.25. The minimum Gasteiger partial charge on any atom is -0.496 e. The van der Waals surface area contributed by atoms with Crippen LogP contribution in [0.4, 0.5) is 5.95 Å². The number of hydrogen-bond donors (Lipinski definition) is 2. The van der Waals surface area contributed by atoms with Gasteiger partial charge in [0.2, 0.25) is 5.95 Å². The van der Waals surface area contributed by atoms with Crippen LogP contribution < -0.4 is 20.5 Å². The Morgan fingerprint density at radius 2 is 2.08 bits per heavy atom. The second kappa shape index (κ2) is 7.59. The van der Waals surface area contributed by atoms with Crippen LogP contribution >= 0.6 is 0 Å². The molecular weight excluding hydrogens is 332 g/mol. The topological polar surface area (TPSA) is 87.3 Å². The smallest absolute Gasteiger partial charge is 0.255 e. The Morgan fingerprint density at radius 3 is 2.77 bits per heavy atom. The number of para-hydroxylation sites is 1. The number of nitrogens with one attached hydrogen (secondary N) is 2. The van der Waals surface area contributed by atoms with Gasteiger partial charge in [-0.05, 0) is 38.3 Å². The number of aromatic amines is 1. The van der Waals surface area contributed by atoms with E-state index in [-0.39, 0.29) is 11.5 Å². The normalized spacial score (nSPS) is 15.0. The second-order valence-corrected chi connectivity index (χ2v) is 6.54. The van der Waals surface area contributed by atoms with Gasteiger partial charge >= 0.3 is 0 Å². The van der Waals surface area contributed by atoms with E-state index in [4.69, 9.17) is 4.74 Å². The summed E-state index contributed by atoms with van der Waals surface area (Å²) < 4.78 is 5.35. The maximum Gasteiger partial charge on any atom is 0.255 e. The van der Waals surface area contributed by atoms with Crippen LogP contribution in [0, 0.1) is 6.92 Å². The van der Waals surface area contributed by atoms with Crippen molar-refractivity contribution in [3.05, 3.63) is 51.4 Å². The Morgan fingerprint density at radius 1 is 1.35 bits per heavy atom. The third-order valence-electron chi connectivity index (χ3n) is 4.61. The fraction of sp³-hybridized carbons (Fsp3) is 0.421. The lowest BCUT2D eigenvalue weighted by molar-refractivity contribution is 0.0936. The summed E-state index contributed by atoms with van der Waals surface area (Å²) in [4.78, 5) is 34.1. The quantitative estimate of drug-likeness (QED) is 0.857. The van der Waals surface area contributed by atoms with E-state index in [0.717, 1.165) is 31.5 Å². The van der Waals surface area contributed by atoms with E-state index in [9.17, 15) is 9.59 Å². The van der Waals surface area contributed by atoms with Crippen LogP contribution in [0.1, 0.15) is 47.4 Å². The van der Waals surface area contributed by atoms with Crippen molar-refractivity contribution in [2.24, 2.45) is 0 Å². The number of aryl methyl sites for hydroxylation is 1. The number of benzene rings is 1. The van der Waals surface area contributed by atoms with Gasteiger partial charge in [-0.2, -0.15) is 0 Å². The Hall–Kier alpha value is -2.83. The molecule has 0 bridgehead atoms. The predicted molar refractivity (Wildman–Crippen MR) is 99.9 cm³/mol. The van der Waals surface area contributed by atoms with Crippen molar-refractivity contribution in [1.29, 1.82) is 0 Å². The number of ether oxygens (including phenoxy) is 1. The van der Waals surface area contributed by atoms with Gasteiger partial charge in [0.25, 0.3) is 11.5 Å². The molecule has 3 rings (SSSR count). The molecule has 26 heavy (non-hydrogen) atoms. The van der Waals surface area contributed by atoms with Gasteiger partial charge in [-0.3, -0.25) is 14.6 Å². The number of carbonyl (C=O) groups excluding carboxylic acids is 1. The summed E-state index contributed by atoms with van der Waals surface area (Å²) in [5.41, 5.74) is 1.67. The first-order valence-corrected chi connectivity index (χ1v) is 8.80. The van der Waals surface area contributed by atoms with Gasteiger partial charge in [0.05, 0.1) is 24.4 Å². The van der Waals surface area contributed by atoms with Crippen LogP contribution in [0.15, 0.2) is 29.1 Å². The molecule has 138 valence electrons. The molecule has 1 amide bonds. The number of hydrogen-bond acceptors (Lipinski definition) is 5. The second-order valence-electron chi connectivity index (χ2n) is 6.54. The number of H-pyrrole nitrogens is 1. The molecule has 1 aromatic carbocycles. The molecule has 2 aromatic rings. The first-order chi connectivity index (χ1) is 12.5. The lowest BCUT2D eigenvalue weighted by Gasteiger charge is -2.19. The maximum absolute atomic E-state index is 12.7. The van der Waals surface area contributed by atoms with Crippen molar-refractivity contribution in [2.45, 2.75) is 32.7 Å². The molecule has 1 fully saturated rings. The highest BCUT2D eigenvalue weighted by Gasteiger charge is 2.20. The monoisotopic (exact) mass is 356 g/mol. The molecule has 1 saturated heterocycles. The van der Waals surface area contributed by atoms with Gasteiger partial charge in [0.1, 0.15) is 5.75 Å². The van der Waals surface area contributed by atoms with Crippen LogP contribution in [-0.2, 0) is 0 Å². The third-order valence-corrected chi connectivity index (χ3v) is 4.61. The molecule has 2 heterocycles. The van der Waals surface area contributed by atoms with Crippen molar-refractivity contribution in [2.75, 3.05) is 25.1 Å². The summed E-state index contributed by atoms with van der Waals surface area (Å²) >= 11 is 0. The summed E-state index contributed by atoms with van der Waals surface area (Å²) in [6, 6.07) is 6.44. The molecule has 1 aliphatic heterocycles. The highest BCUT2D eigenvalue weighted by molar-refractivity contribution is 5.97. The molecule has 1 aromatic heterocycles. The van der Waals surface area contributed by atoms with Crippen LogP contribution in [0.2, 0.25) is 0 Å². The highest BCUT2D eigenvalue weighted by Crippen LogP contribution is 2.24. The highest BCUT2D eigenvalue weighted by atomic mass is 16.5. The molecule has 2 N–H and O–H groups in total. The number of amides is 1. The molecule has 1 aliphatic rings. The Labute approximate surface area is 152 Å². The van der Waals surface area contributed by atoms with E-state index >= 15 is 0 Å². The van der Waals surface area contributed by atoms with Crippen LogP contribution in [0.25, 0.3) is 0 Å². The average molecular weight is 356 g/mol. The van der Waals surface area contributed by atoms with Crippen LogP contribution in [-0.4, -0.2) is 36.1 Å². The average Bonchev–Trinajstić information content (AvgIpc) is 3.15. The summed E-state index contributed by atoms with van der Waals surface area (Å²) in [5.74, 6) is 0.857. The van der Waals surface area contributed by atoms with Gasteiger partial charge in [0.15, 0.2) is 0 Å². The molecule has 1 unspecified atom stereocenters. The minimum atomic E-state index is -0.406. The number of rotatable bonds is 5. The zero-order valence-corrected chi connectivity index (χ0v) is 15.3. The Balaban J connectivity index is 1.82. The lowest BCUT2D eigenvalue weighted by atomic mass is 10.1. The Bertz CT molecular complexity index is 856. The van der Waals surface area contributed by atoms with E-state index in [2.05, 4.69) is 20.2 Å². The first-order valence-electron chi connectivity index (χ1n) is 8.80. The lowest BCUT2D eigenvalue weighted by Crippen LogP contribution is -2.30. The zero-order valence-electron chi connectivity index (χ0n) is 15.3. The molecular formula is C19H24N4O3. The molecule has 0 saturated carbocycles. The standard InChI is InChI=1S/C19H24N4O3/c1-12-7-6-8-14(17(12)26-3)18(25)20-13(2)15-11-16(24)22-19(21-15)23-9-4-5-10-23/h6-8,11,13H,4-5,9-10H2,1-3H3,(H,20,25)(H,21,22,24). The fourth-order valence-electron chi connectivity index (χ4n) is 3.21. The molecule has 7 heteroatoms. The zero-order chi connectivity index (χ0) is 18.7. The van der Waals surface area contributed by atoms with E-state index < -0.39 is 6.04 Å². The van der Waals surface area contributed by atoms with Crippen molar-refractivity contribution >= 4 is 11.9 Å². The summed E-state index contributed by atoms with van der Waals surface area (Å²) in [6.45, 7) is 5.47. The van der Waals surface area contributed by atoms with Gasteiger partial charge in [-0.25, -0.2) is 4.98 Å². The van der Waals surface area contributed by atoms with Gasteiger partial charge in [-0.1, -0.05) is 12.1 Å². The molecule has 1 atom stereocenters. The fourth-order valence-corrected chi connectivity index (χ4v) is 3.21. The predicted octanol–water partition coefficient (Wildman–Crippen LogP) is 2.18. The van der Waals surface area contributed by atoms with E-state index in [1.54, 1.807) is 13.2 Å². The van der Waals surface area contributed by atoms with E-state index in [1.165, 1.54) is 6.07 Å². The summed E-state index contributed by atoms with van der Waals surface area (Å²) in [6.07, 6.45) is 2.18. The number of methoxy groups -OCH3 is 1. The summed E-state index contributed by atoms with van der Waals surface area (Å²) in [5, 5.41) is 2.91. The van der Waals surface area contributed by atoms with Gasteiger partial charge < -0.3 is 15.0 Å². The largest absolute Gasteiger partial charge is 0.496 e. The summed E-state index contributed by atoms with van der Waals surface area (Å²) in [7, 11) is 1.54. The molecule has 7 nitrogen and oxygen atoms in total. The molecule has 0 radical (unpaired) electrons. The van der Waals surface area contributed by atoms with Gasteiger partial charge in [-0.15, -0.1) is 0 Å². The van der Waals surface area contributed by atoms with Crippen molar-refractivity contribution in [1.82, 2.24) is 15.3 Å². The number of nitrogens with zero attached hydrogens (tertiary/aromatic N) is 2. The van der Waals surface area contributed by atoms with Crippen molar-refractivity contribution in [3.8, 4) is 5.75 Å². The van der Waals surface area contributed by atoms with E-state index in [1.807, 2.05) is 26.0 Å². The third kappa shape index (κ3) is 3.71. The maximum atomic E-state index is 12.7. The van der Waals surface area contributed by atoms with Crippen molar-refractivity contribution < 1.29 is 9.53 Å². The van der Waals surface area contributed by atoms with E-state index in [0.29, 0.717) is 23.0 Å². The van der Waals surface area contributed by atoms with Crippen LogP contribution in [0.5, 0.6) is 5.75 Å². The van der Waals surface area contributed by atoms with Crippen LogP contribution in [0.3, 0.4) is 0 Å².